The molecule has 1 aliphatic rings. The molecule has 2 atom stereocenters. The molecular formula is C29H43NO4. The Hall–Kier alpha value is -2.56. The van der Waals surface area contributed by atoms with Gasteiger partial charge in [0.15, 0.2) is 0 Å². The van der Waals surface area contributed by atoms with E-state index in [2.05, 4.69) is 27.0 Å². The smallest absolute Gasteiger partial charge is 0.410 e. The Morgan fingerprint density at radius 1 is 1.15 bits per heavy atom. The number of cyclic esters (lactones) is 1. The lowest BCUT2D eigenvalue weighted by Gasteiger charge is -2.37. The maximum Gasteiger partial charge on any atom is 0.410 e. The highest BCUT2D eigenvalue weighted by Gasteiger charge is 2.52. The molecule has 5 heteroatoms. The van der Waals surface area contributed by atoms with Crippen LogP contribution < -0.4 is 0 Å². The van der Waals surface area contributed by atoms with Crippen molar-refractivity contribution >= 4 is 12.1 Å². The highest BCUT2D eigenvalue weighted by Crippen LogP contribution is 2.46. The molecule has 1 aromatic carbocycles. The van der Waals surface area contributed by atoms with Gasteiger partial charge in [-0.25, -0.2) is 4.79 Å². The minimum absolute atomic E-state index is 0.221. The summed E-state index contributed by atoms with van der Waals surface area (Å²) in [6, 6.07) is 9.56. The quantitative estimate of drug-likeness (QED) is 0.271. The van der Waals surface area contributed by atoms with E-state index in [9.17, 15) is 9.59 Å². The minimum Gasteiger partial charge on any atom is -0.460 e. The molecule has 1 amide bonds. The van der Waals surface area contributed by atoms with Gasteiger partial charge in [0, 0.05) is 13.0 Å². The molecule has 2 rings (SSSR count). The Morgan fingerprint density at radius 3 is 2.18 bits per heavy atom. The number of benzene rings is 1. The highest BCUT2D eigenvalue weighted by atomic mass is 16.6. The van der Waals surface area contributed by atoms with Crippen molar-refractivity contribution in [2.24, 2.45) is 11.3 Å². The monoisotopic (exact) mass is 469 g/mol. The second-order valence-electron chi connectivity index (χ2n) is 11.5. The molecule has 34 heavy (non-hydrogen) atoms. The molecular weight excluding hydrogens is 426 g/mol. The first-order valence-corrected chi connectivity index (χ1v) is 12.3. The Morgan fingerprint density at radius 2 is 1.71 bits per heavy atom. The van der Waals surface area contributed by atoms with Crippen LogP contribution in [-0.2, 0) is 20.8 Å². The van der Waals surface area contributed by atoms with E-state index in [4.69, 9.17) is 9.47 Å². The number of carbonyl (C=O) groups is 2. The fourth-order valence-corrected chi connectivity index (χ4v) is 4.87. The van der Waals surface area contributed by atoms with Crippen LogP contribution in [0.2, 0.25) is 0 Å². The maximum absolute atomic E-state index is 13.5. The number of allylic oxidation sites excluding steroid dienone is 2. The molecule has 0 radical (unpaired) electrons. The van der Waals surface area contributed by atoms with Crippen molar-refractivity contribution in [2.75, 3.05) is 0 Å². The van der Waals surface area contributed by atoms with E-state index in [1.807, 2.05) is 65.0 Å². The fraction of sp³-hybridized carbons (Fsp3) is 0.586. The van der Waals surface area contributed by atoms with Gasteiger partial charge in [0.2, 0.25) is 0 Å². The summed E-state index contributed by atoms with van der Waals surface area (Å²) in [5.41, 5.74) is 1.55. The summed E-state index contributed by atoms with van der Waals surface area (Å²) in [7, 11) is 0. The summed E-state index contributed by atoms with van der Waals surface area (Å²) in [6.45, 7) is 22.2. The molecule has 1 aromatic rings. The van der Waals surface area contributed by atoms with Gasteiger partial charge in [-0.1, -0.05) is 55.3 Å². The Bertz CT molecular complexity index is 865. The predicted octanol–water partition coefficient (Wildman–Crippen LogP) is 7.07. The van der Waals surface area contributed by atoms with Gasteiger partial charge in [-0.3, -0.25) is 9.69 Å². The van der Waals surface area contributed by atoms with E-state index < -0.39 is 23.2 Å². The van der Waals surface area contributed by atoms with E-state index in [-0.39, 0.29) is 12.0 Å². The van der Waals surface area contributed by atoms with Crippen LogP contribution in [0.4, 0.5) is 4.79 Å². The zero-order chi connectivity index (χ0) is 25.7. The number of rotatable bonds is 10. The van der Waals surface area contributed by atoms with Gasteiger partial charge < -0.3 is 9.47 Å². The lowest BCUT2D eigenvalue weighted by atomic mass is 9.73. The summed E-state index contributed by atoms with van der Waals surface area (Å²) in [5, 5.41) is 0. The average Bonchev–Trinajstić information content (AvgIpc) is 2.98. The van der Waals surface area contributed by atoms with Crippen molar-refractivity contribution in [1.82, 2.24) is 4.90 Å². The van der Waals surface area contributed by atoms with Crippen molar-refractivity contribution in [3.63, 3.8) is 0 Å². The second kappa shape index (κ2) is 11.2. The molecule has 188 valence electrons. The van der Waals surface area contributed by atoms with Crippen LogP contribution in [0.15, 0.2) is 54.6 Å². The molecule has 5 nitrogen and oxygen atoms in total. The number of ether oxygens (including phenoxy) is 2. The zero-order valence-electron chi connectivity index (χ0n) is 22.1. The first kappa shape index (κ1) is 27.7. The second-order valence-corrected chi connectivity index (χ2v) is 11.5. The molecule has 1 heterocycles. The molecule has 0 saturated carbocycles. The van der Waals surface area contributed by atoms with Crippen LogP contribution in [0.5, 0.6) is 0 Å². The number of hydrogen-bond acceptors (Lipinski definition) is 4. The summed E-state index contributed by atoms with van der Waals surface area (Å²) in [5.74, 6) is 0.0720. The Balaban J connectivity index is 2.47. The van der Waals surface area contributed by atoms with Crippen LogP contribution in [0, 0.1) is 11.3 Å². The van der Waals surface area contributed by atoms with E-state index in [1.165, 1.54) is 0 Å². The molecule has 1 fully saturated rings. The summed E-state index contributed by atoms with van der Waals surface area (Å²) >= 11 is 0. The average molecular weight is 470 g/mol. The molecule has 1 aliphatic heterocycles. The minimum atomic E-state index is -0.691. The summed E-state index contributed by atoms with van der Waals surface area (Å²) < 4.78 is 11.9. The summed E-state index contributed by atoms with van der Waals surface area (Å²) in [4.78, 5) is 28.5. The third kappa shape index (κ3) is 7.75. The molecule has 0 aromatic heterocycles. The van der Waals surface area contributed by atoms with Gasteiger partial charge in [-0.05, 0) is 65.4 Å². The maximum atomic E-state index is 13.5. The predicted molar refractivity (Wildman–Crippen MR) is 137 cm³/mol. The normalized spacial score (nSPS) is 18.4. The number of nitrogens with zero attached hydrogens (tertiary/aromatic N) is 1. The standard InChI is InChI=1S/C29H43NO4/c1-20(2)15-24(25-18-29(16-21(3)4,17-22(5)6)26(31)33-25)30(27(32)34-28(7,8)9)19-23-13-11-10-12-14-23/h10-14,20,24-25H,3,5,15-19H2,1-2,4,6-9H3/t24-,25-/m0/s1. The molecule has 0 spiro atoms. The molecule has 0 unspecified atom stereocenters. The first-order chi connectivity index (χ1) is 15.7. The zero-order valence-corrected chi connectivity index (χ0v) is 22.1. The van der Waals surface area contributed by atoms with Gasteiger partial charge in [0.1, 0.15) is 11.7 Å². The molecule has 0 bridgehead atoms. The fourth-order valence-electron chi connectivity index (χ4n) is 4.87. The molecule has 0 aliphatic carbocycles. The van der Waals surface area contributed by atoms with E-state index in [0.717, 1.165) is 16.7 Å². The number of esters is 1. The van der Waals surface area contributed by atoms with E-state index in [0.29, 0.717) is 38.1 Å². The highest BCUT2D eigenvalue weighted by molar-refractivity contribution is 5.80. The Kier molecular flexibility index (Phi) is 9.15. The van der Waals surface area contributed by atoms with Crippen molar-refractivity contribution in [3.05, 3.63) is 60.2 Å². The van der Waals surface area contributed by atoms with Crippen LogP contribution in [0.1, 0.15) is 79.7 Å². The van der Waals surface area contributed by atoms with E-state index in [1.54, 1.807) is 4.90 Å². The van der Waals surface area contributed by atoms with Crippen molar-refractivity contribution in [1.29, 1.82) is 0 Å². The van der Waals surface area contributed by atoms with Gasteiger partial charge in [-0.2, -0.15) is 0 Å². The Labute approximate surface area is 206 Å². The molecule has 1 saturated heterocycles. The van der Waals surface area contributed by atoms with Crippen LogP contribution in [-0.4, -0.2) is 34.7 Å². The lowest BCUT2D eigenvalue weighted by molar-refractivity contribution is -0.151. The number of hydrogen-bond donors (Lipinski definition) is 0. The SMILES string of the molecule is C=C(C)CC1(CC(=C)C)C[C@@H]([C@H](CC(C)C)N(Cc2ccccc2)C(=O)OC(C)(C)C)OC1=O. The summed E-state index contributed by atoms with van der Waals surface area (Å²) in [6.07, 6.45) is 1.50. The molecule has 0 N–H and O–H groups in total. The first-order valence-electron chi connectivity index (χ1n) is 12.3. The van der Waals surface area contributed by atoms with Crippen LogP contribution >= 0.6 is 0 Å². The third-order valence-corrected chi connectivity index (χ3v) is 5.93. The largest absolute Gasteiger partial charge is 0.460 e. The van der Waals surface area contributed by atoms with Crippen LogP contribution in [0.25, 0.3) is 0 Å². The van der Waals surface area contributed by atoms with Gasteiger partial charge >= 0.3 is 12.1 Å². The van der Waals surface area contributed by atoms with Crippen molar-refractivity contribution in [3.8, 4) is 0 Å². The number of amides is 1. The lowest BCUT2D eigenvalue weighted by Crippen LogP contribution is -2.49. The van der Waals surface area contributed by atoms with Gasteiger partial charge in [0.05, 0.1) is 11.5 Å². The topological polar surface area (TPSA) is 55.8 Å². The van der Waals surface area contributed by atoms with Gasteiger partial charge in [0.25, 0.3) is 0 Å². The van der Waals surface area contributed by atoms with E-state index >= 15 is 0 Å². The van der Waals surface area contributed by atoms with Crippen molar-refractivity contribution in [2.45, 2.75) is 98.4 Å². The van der Waals surface area contributed by atoms with Crippen molar-refractivity contribution < 1.29 is 19.1 Å². The number of carbonyl (C=O) groups excluding carboxylic acids is 2. The van der Waals surface area contributed by atoms with Crippen LogP contribution in [0.3, 0.4) is 0 Å². The third-order valence-electron chi connectivity index (χ3n) is 5.93. The van der Waals surface area contributed by atoms with Gasteiger partial charge in [-0.15, -0.1) is 13.2 Å².